The summed E-state index contributed by atoms with van der Waals surface area (Å²) in [6, 6.07) is 4.92. The van der Waals surface area contributed by atoms with E-state index in [1.165, 1.54) is 6.33 Å². The molecule has 0 atom stereocenters. The minimum Gasteiger partial charge on any atom is -0.481 e. The van der Waals surface area contributed by atoms with E-state index in [9.17, 15) is 9.59 Å². The minimum absolute atomic E-state index is 0.131. The third kappa shape index (κ3) is 1.71. The number of rotatable bonds is 2. The zero-order valence-electron chi connectivity index (χ0n) is 7.73. The second-order valence-electron chi connectivity index (χ2n) is 3.12. The van der Waals surface area contributed by atoms with Crippen LogP contribution in [0.2, 0.25) is 0 Å². The number of nitrogens with one attached hydrogen (secondary N) is 1. The Morgan fingerprint density at radius 3 is 3.00 bits per heavy atom. The van der Waals surface area contributed by atoms with Crippen LogP contribution in [0.25, 0.3) is 10.9 Å². The number of hydrogen-bond donors (Lipinski definition) is 2. The molecule has 1 aromatic heterocycles. The molecule has 0 aliphatic heterocycles. The van der Waals surface area contributed by atoms with Crippen molar-refractivity contribution < 1.29 is 9.90 Å². The molecule has 5 nitrogen and oxygen atoms in total. The van der Waals surface area contributed by atoms with Crippen LogP contribution in [0.1, 0.15) is 5.56 Å². The van der Waals surface area contributed by atoms with Gasteiger partial charge in [-0.15, -0.1) is 0 Å². The molecule has 1 aromatic carbocycles. The molecule has 0 fully saturated rings. The number of aromatic amines is 1. The first kappa shape index (κ1) is 9.39. The molecule has 0 aliphatic carbocycles. The number of fused-ring (bicyclic) bond motifs is 1. The molecule has 2 N–H and O–H groups in total. The molecular weight excluding hydrogens is 196 g/mol. The Kier molecular flexibility index (Phi) is 2.21. The summed E-state index contributed by atoms with van der Waals surface area (Å²) in [7, 11) is 0. The van der Waals surface area contributed by atoms with Crippen molar-refractivity contribution in [2.75, 3.05) is 0 Å². The van der Waals surface area contributed by atoms with Gasteiger partial charge in [-0.2, -0.15) is 0 Å². The molecule has 1 heterocycles. The average molecular weight is 204 g/mol. The Labute approximate surface area is 84.4 Å². The van der Waals surface area contributed by atoms with E-state index in [0.29, 0.717) is 16.5 Å². The highest BCUT2D eigenvalue weighted by atomic mass is 16.4. The Hall–Kier alpha value is -2.17. The van der Waals surface area contributed by atoms with Gasteiger partial charge in [-0.1, -0.05) is 12.1 Å². The SMILES string of the molecule is O=C(O)Cc1cccc2c(=O)[nH]cnc12. The number of aliphatic carboxylic acids is 1. The second kappa shape index (κ2) is 3.53. The predicted molar refractivity (Wildman–Crippen MR) is 53.7 cm³/mol. The largest absolute Gasteiger partial charge is 0.481 e. The molecule has 2 aromatic rings. The maximum atomic E-state index is 11.4. The normalized spacial score (nSPS) is 10.4. The van der Waals surface area contributed by atoms with Gasteiger partial charge in [-0.25, -0.2) is 4.98 Å². The van der Waals surface area contributed by atoms with Gasteiger partial charge in [-0.3, -0.25) is 9.59 Å². The lowest BCUT2D eigenvalue weighted by molar-refractivity contribution is -0.136. The predicted octanol–water partition coefficient (Wildman–Crippen LogP) is 0.550. The van der Waals surface area contributed by atoms with Gasteiger partial charge in [0.25, 0.3) is 5.56 Å². The van der Waals surface area contributed by atoms with E-state index >= 15 is 0 Å². The first-order valence-corrected chi connectivity index (χ1v) is 4.35. The van der Waals surface area contributed by atoms with Crippen molar-refractivity contribution >= 4 is 16.9 Å². The Balaban J connectivity index is 2.71. The fourth-order valence-corrected chi connectivity index (χ4v) is 1.47. The first-order chi connectivity index (χ1) is 7.18. The van der Waals surface area contributed by atoms with Crippen LogP contribution in [0.15, 0.2) is 29.3 Å². The van der Waals surface area contributed by atoms with Crippen LogP contribution >= 0.6 is 0 Å². The van der Waals surface area contributed by atoms with Crippen LogP contribution in [0.5, 0.6) is 0 Å². The minimum atomic E-state index is -0.940. The summed E-state index contributed by atoms with van der Waals surface area (Å²) in [6.07, 6.45) is 1.14. The van der Waals surface area contributed by atoms with Crippen molar-refractivity contribution in [3.63, 3.8) is 0 Å². The van der Waals surface area contributed by atoms with Gasteiger partial charge in [0, 0.05) is 0 Å². The molecular formula is C10H8N2O3. The monoisotopic (exact) mass is 204 g/mol. The van der Waals surface area contributed by atoms with E-state index in [4.69, 9.17) is 5.11 Å². The van der Waals surface area contributed by atoms with Crippen LogP contribution in [-0.2, 0) is 11.2 Å². The smallest absolute Gasteiger partial charge is 0.307 e. The highest BCUT2D eigenvalue weighted by Gasteiger charge is 2.07. The lowest BCUT2D eigenvalue weighted by Gasteiger charge is -2.01. The van der Waals surface area contributed by atoms with Gasteiger partial charge in [0.05, 0.1) is 23.7 Å². The number of aromatic nitrogens is 2. The van der Waals surface area contributed by atoms with Gasteiger partial charge in [0.15, 0.2) is 0 Å². The molecule has 0 saturated carbocycles. The van der Waals surface area contributed by atoms with Crippen molar-refractivity contribution in [2.24, 2.45) is 0 Å². The first-order valence-electron chi connectivity index (χ1n) is 4.35. The standard InChI is InChI=1S/C10H8N2O3/c13-8(14)4-6-2-1-3-7-9(6)11-5-12-10(7)15/h1-3,5H,4H2,(H,13,14)(H,11,12,15). The van der Waals surface area contributed by atoms with E-state index in [-0.39, 0.29) is 12.0 Å². The Bertz CT molecular complexity index is 574. The molecule has 5 heteroatoms. The lowest BCUT2D eigenvalue weighted by Crippen LogP contribution is -2.09. The van der Waals surface area contributed by atoms with Crippen LogP contribution in [-0.4, -0.2) is 21.0 Å². The van der Waals surface area contributed by atoms with Crippen LogP contribution in [0, 0.1) is 0 Å². The van der Waals surface area contributed by atoms with Crippen molar-refractivity contribution in [3.05, 3.63) is 40.4 Å². The molecule has 0 spiro atoms. The average Bonchev–Trinajstić information content (AvgIpc) is 2.19. The number of hydrogen-bond acceptors (Lipinski definition) is 3. The van der Waals surface area contributed by atoms with E-state index in [1.54, 1.807) is 18.2 Å². The molecule has 76 valence electrons. The maximum absolute atomic E-state index is 11.4. The molecule has 0 saturated heterocycles. The summed E-state index contributed by atoms with van der Waals surface area (Å²) in [4.78, 5) is 28.4. The number of carbonyl (C=O) groups is 1. The zero-order chi connectivity index (χ0) is 10.8. The highest BCUT2D eigenvalue weighted by Crippen LogP contribution is 2.12. The quantitative estimate of drug-likeness (QED) is 0.748. The summed E-state index contributed by atoms with van der Waals surface area (Å²) in [5, 5.41) is 9.10. The third-order valence-electron chi connectivity index (χ3n) is 2.10. The summed E-state index contributed by atoms with van der Waals surface area (Å²) in [5.74, 6) is -0.940. The van der Waals surface area contributed by atoms with Crippen molar-refractivity contribution in [1.29, 1.82) is 0 Å². The van der Waals surface area contributed by atoms with Crippen molar-refractivity contribution in [1.82, 2.24) is 9.97 Å². The van der Waals surface area contributed by atoms with Crippen LogP contribution in [0.4, 0.5) is 0 Å². The number of para-hydroxylation sites is 1. The fraction of sp³-hybridized carbons (Fsp3) is 0.100. The van der Waals surface area contributed by atoms with Gasteiger partial charge < -0.3 is 10.1 Å². The zero-order valence-corrected chi connectivity index (χ0v) is 7.73. The summed E-state index contributed by atoms with van der Waals surface area (Å²) >= 11 is 0. The van der Waals surface area contributed by atoms with Crippen molar-refractivity contribution in [3.8, 4) is 0 Å². The fourth-order valence-electron chi connectivity index (χ4n) is 1.47. The van der Waals surface area contributed by atoms with E-state index in [0.717, 1.165) is 0 Å². The number of benzene rings is 1. The van der Waals surface area contributed by atoms with Gasteiger partial charge in [-0.05, 0) is 11.6 Å². The molecule has 0 aliphatic rings. The second-order valence-corrected chi connectivity index (χ2v) is 3.12. The number of nitrogens with zero attached hydrogens (tertiary/aromatic N) is 1. The topological polar surface area (TPSA) is 83.0 Å². The third-order valence-corrected chi connectivity index (χ3v) is 2.10. The highest BCUT2D eigenvalue weighted by molar-refractivity contribution is 5.84. The van der Waals surface area contributed by atoms with Crippen LogP contribution in [0.3, 0.4) is 0 Å². The van der Waals surface area contributed by atoms with E-state index in [1.807, 2.05) is 0 Å². The van der Waals surface area contributed by atoms with Crippen molar-refractivity contribution in [2.45, 2.75) is 6.42 Å². The van der Waals surface area contributed by atoms with E-state index < -0.39 is 5.97 Å². The molecule has 15 heavy (non-hydrogen) atoms. The molecule has 0 radical (unpaired) electrons. The number of H-pyrrole nitrogens is 1. The summed E-state index contributed by atoms with van der Waals surface area (Å²) in [5.41, 5.74) is 0.738. The number of carboxylic acids is 1. The van der Waals surface area contributed by atoms with Gasteiger partial charge >= 0.3 is 5.97 Å². The molecule has 2 rings (SSSR count). The summed E-state index contributed by atoms with van der Waals surface area (Å²) < 4.78 is 0. The number of carboxylic acid groups (broad SMARTS) is 1. The van der Waals surface area contributed by atoms with Gasteiger partial charge in [0.2, 0.25) is 0 Å². The Morgan fingerprint density at radius 1 is 1.47 bits per heavy atom. The molecule has 0 bridgehead atoms. The Morgan fingerprint density at radius 2 is 2.27 bits per heavy atom. The van der Waals surface area contributed by atoms with Crippen LogP contribution < -0.4 is 5.56 Å². The van der Waals surface area contributed by atoms with Gasteiger partial charge in [0.1, 0.15) is 0 Å². The molecule has 0 unspecified atom stereocenters. The summed E-state index contributed by atoms with van der Waals surface area (Å²) in [6.45, 7) is 0. The lowest BCUT2D eigenvalue weighted by atomic mass is 10.1. The maximum Gasteiger partial charge on any atom is 0.307 e. The van der Waals surface area contributed by atoms with E-state index in [2.05, 4.69) is 9.97 Å². The molecule has 0 amide bonds.